The highest BCUT2D eigenvalue weighted by Crippen LogP contribution is 2.26. The lowest BCUT2D eigenvalue weighted by atomic mass is 9.93. The van der Waals surface area contributed by atoms with Crippen molar-refractivity contribution in [3.05, 3.63) is 53.8 Å². The maximum absolute atomic E-state index is 12.5. The van der Waals surface area contributed by atoms with Gasteiger partial charge in [0.1, 0.15) is 0 Å². The van der Waals surface area contributed by atoms with Crippen LogP contribution < -0.4 is 5.32 Å². The zero-order valence-electron chi connectivity index (χ0n) is 16.5. The summed E-state index contributed by atoms with van der Waals surface area (Å²) in [5, 5.41) is 11.3. The molecule has 7 heteroatoms. The molecule has 2 heterocycles. The van der Waals surface area contributed by atoms with Crippen molar-refractivity contribution in [2.45, 2.75) is 44.9 Å². The summed E-state index contributed by atoms with van der Waals surface area (Å²) in [6.07, 6.45) is 1.54. The number of hydrogen-bond acceptors (Lipinski definition) is 6. The highest BCUT2D eigenvalue weighted by atomic mass is 32.2. The van der Waals surface area contributed by atoms with E-state index < -0.39 is 0 Å². The average molecular weight is 400 g/mol. The van der Waals surface area contributed by atoms with Gasteiger partial charge in [0, 0.05) is 0 Å². The first-order chi connectivity index (χ1) is 13.4. The summed E-state index contributed by atoms with van der Waals surface area (Å²) in [5.41, 5.74) is 2.40. The molecule has 1 amide bonds. The van der Waals surface area contributed by atoms with Crippen molar-refractivity contribution < 1.29 is 13.6 Å². The minimum atomic E-state index is -0.0746. The van der Waals surface area contributed by atoms with E-state index in [1.54, 1.807) is 18.4 Å². The predicted molar refractivity (Wildman–Crippen MR) is 109 cm³/mol. The molecule has 0 aliphatic rings. The maximum atomic E-state index is 12.5. The molecule has 0 aliphatic carbocycles. The van der Waals surface area contributed by atoms with E-state index in [1.807, 2.05) is 0 Å². The van der Waals surface area contributed by atoms with Crippen LogP contribution in [0.2, 0.25) is 0 Å². The van der Waals surface area contributed by atoms with Crippen molar-refractivity contribution in [2.75, 3.05) is 5.75 Å². The number of carbonyl (C=O) groups excluding carboxylic acids is 1. The normalized spacial score (nSPS) is 12.5. The van der Waals surface area contributed by atoms with Crippen LogP contribution in [0.4, 0.5) is 0 Å². The molecule has 3 aromatic rings. The van der Waals surface area contributed by atoms with E-state index in [2.05, 4.69) is 67.5 Å². The van der Waals surface area contributed by atoms with Gasteiger partial charge in [-0.1, -0.05) is 63.7 Å². The number of aromatic nitrogens is 2. The molecule has 3 rings (SSSR count). The topological polar surface area (TPSA) is 81.2 Å². The lowest BCUT2D eigenvalue weighted by Gasteiger charge is -2.23. The summed E-state index contributed by atoms with van der Waals surface area (Å²) in [6.45, 7) is 8.54. The summed E-state index contributed by atoms with van der Waals surface area (Å²) < 4.78 is 10.7. The van der Waals surface area contributed by atoms with Crippen molar-refractivity contribution in [3.63, 3.8) is 0 Å². The molecular formula is C21H25N3O3S. The number of rotatable bonds is 8. The Kier molecular flexibility index (Phi) is 6.57. The van der Waals surface area contributed by atoms with E-state index in [-0.39, 0.29) is 23.6 Å². The summed E-state index contributed by atoms with van der Waals surface area (Å²) in [6, 6.07) is 11.9. The predicted octanol–water partition coefficient (Wildman–Crippen LogP) is 5.06. The number of amides is 1. The molecule has 1 aromatic carbocycles. The fourth-order valence-corrected chi connectivity index (χ4v) is 3.41. The molecule has 0 aliphatic heterocycles. The second-order valence-electron chi connectivity index (χ2n) is 7.25. The third-order valence-corrected chi connectivity index (χ3v) is 5.23. The first-order valence-corrected chi connectivity index (χ1v) is 10.3. The Bertz CT molecular complexity index is 886. The van der Waals surface area contributed by atoms with Gasteiger partial charge in [-0.15, -0.1) is 10.2 Å². The molecule has 0 saturated carbocycles. The molecule has 1 atom stereocenters. The van der Waals surface area contributed by atoms with Gasteiger partial charge in [0.15, 0.2) is 5.76 Å². The van der Waals surface area contributed by atoms with Crippen LogP contribution in [0.5, 0.6) is 0 Å². The van der Waals surface area contributed by atoms with E-state index in [0.29, 0.717) is 22.8 Å². The molecule has 0 fully saturated rings. The number of thioether (sulfide) groups is 1. The van der Waals surface area contributed by atoms with Crippen LogP contribution in [-0.2, 0) is 4.79 Å². The van der Waals surface area contributed by atoms with Crippen molar-refractivity contribution in [1.82, 2.24) is 15.5 Å². The fraction of sp³-hybridized carbons (Fsp3) is 0.381. The van der Waals surface area contributed by atoms with Gasteiger partial charge in [-0.05, 0) is 35.1 Å². The molecule has 148 valence electrons. The van der Waals surface area contributed by atoms with Crippen molar-refractivity contribution in [3.8, 4) is 11.7 Å². The Hall–Kier alpha value is -2.54. The Morgan fingerprint density at radius 1 is 1.07 bits per heavy atom. The fourth-order valence-electron chi connectivity index (χ4n) is 2.83. The molecule has 0 spiro atoms. The van der Waals surface area contributed by atoms with E-state index >= 15 is 0 Å². The standard InChI is InChI=1S/C21H25N3O3S/c1-13(2)15-7-9-16(10-8-15)19(14(3)4)22-18(25)12-28-21-24-23-20(27-21)17-6-5-11-26-17/h5-11,13-14,19H,12H2,1-4H3,(H,22,25)/t19-/m0/s1. The highest BCUT2D eigenvalue weighted by molar-refractivity contribution is 7.99. The van der Waals surface area contributed by atoms with Gasteiger partial charge in [0.05, 0.1) is 18.1 Å². The molecule has 0 bridgehead atoms. The second-order valence-corrected chi connectivity index (χ2v) is 8.18. The Labute approximate surface area is 169 Å². The number of nitrogens with one attached hydrogen (secondary N) is 1. The van der Waals surface area contributed by atoms with Crippen molar-refractivity contribution in [2.24, 2.45) is 5.92 Å². The molecule has 0 saturated heterocycles. The zero-order chi connectivity index (χ0) is 20.1. The Morgan fingerprint density at radius 2 is 1.79 bits per heavy atom. The Balaban J connectivity index is 1.58. The largest absolute Gasteiger partial charge is 0.459 e. The van der Waals surface area contributed by atoms with E-state index in [0.717, 1.165) is 5.56 Å². The van der Waals surface area contributed by atoms with E-state index in [1.165, 1.54) is 17.3 Å². The number of benzene rings is 1. The average Bonchev–Trinajstić information content (AvgIpc) is 3.35. The molecule has 0 radical (unpaired) electrons. The summed E-state index contributed by atoms with van der Waals surface area (Å²) in [7, 11) is 0. The quantitative estimate of drug-likeness (QED) is 0.533. The maximum Gasteiger partial charge on any atom is 0.284 e. The third kappa shape index (κ3) is 5.04. The monoisotopic (exact) mass is 399 g/mol. The van der Waals surface area contributed by atoms with Gasteiger partial charge < -0.3 is 14.2 Å². The first kappa shape index (κ1) is 20.2. The molecule has 1 N–H and O–H groups in total. The third-order valence-electron chi connectivity index (χ3n) is 4.41. The minimum absolute atomic E-state index is 0.0457. The minimum Gasteiger partial charge on any atom is -0.459 e. The van der Waals surface area contributed by atoms with Crippen LogP contribution in [0.25, 0.3) is 11.7 Å². The van der Waals surface area contributed by atoms with Gasteiger partial charge in [-0.25, -0.2) is 0 Å². The van der Waals surface area contributed by atoms with Crippen LogP contribution in [0.1, 0.15) is 50.8 Å². The van der Waals surface area contributed by atoms with E-state index in [9.17, 15) is 4.79 Å². The lowest BCUT2D eigenvalue weighted by molar-refractivity contribution is -0.119. The van der Waals surface area contributed by atoms with Gasteiger partial charge in [-0.3, -0.25) is 4.79 Å². The summed E-state index contributed by atoms with van der Waals surface area (Å²) in [4.78, 5) is 12.5. The lowest BCUT2D eigenvalue weighted by Crippen LogP contribution is -2.33. The van der Waals surface area contributed by atoms with E-state index in [4.69, 9.17) is 8.83 Å². The van der Waals surface area contributed by atoms with Gasteiger partial charge in [0.25, 0.3) is 11.1 Å². The van der Waals surface area contributed by atoms with Crippen LogP contribution in [0, 0.1) is 5.92 Å². The zero-order valence-corrected chi connectivity index (χ0v) is 17.3. The highest BCUT2D eigenvalue weighted by Gasteiger charge is 2.19. The number of carbonyl (C=O) groups is 1. The summed E-state index contributed by atoms with van der Waals surface area (Å²) in [5.74, 6) is 1.69. The number of nitrogens with zero attached hydrogens (tertiary/aromatic N) is 2. The smallest absolute Gasteiger partial charge is 0.284 e. The molecule has 0 unspecified atom stereocenters. The Morgan fingerprint density at radius 3 is 2.39 bits per heavy atom. The van der Waals surface area contributed by atoms with Gasteiger partial charge in [0.2, 0.25) is 5.91 Å². The molecule has 28 heavy (non-hydrogen) atoms. The number of furan rings is 1. The van der Waals surface area contributed by atoms with Gasteiger partial charge in [-0.2, -0.15) is 0 Å². The second kappa shape index (κ2) is 9.10. The van der Waals surface area contributed by atoms with Crippen molar-refractivity contribution >= 4 is 17.7 Å². The summed E-state index contributed by atoms with van der Waals surface area (Å²) >= 11 is 1.21. The SMILES string of the molecule is CC(C)c1ccc([C@@H](NC(=O)CSc2nnc(-c3ccco3)o2)C(C)C)cc1. The van der Waals surface area contributed by atoms with Crippen LogP contribution >= 0.6 is 11.8 Å². The molecule has 2 aromatic heterocycles. The molecule has 6 nitrogen and oxygen atoms in total. The van der Waals surface area contributed by atoms with Crippen molar-refractivity contribution in [1.29, 1.82) is 0 Å². The number of hydrogen-bond donors (Lipinski definition) is 1. The van der Waals surface area contributed by atoms with Crippen LogP contribution in [0.15, 0.2) is 56.7 Å². The first-order valence-electron chi connectivity index (χ1n) is 9.33. The molecular weight excluding hydrogens is 374 g/mol. The van der Waals surface area contributed by atoms with Crippen LogP contribution in [0.3, 0.4) is 0 Å². The van der Waals surface area contributed by atoms with Crippen LogP contribution in [-0.4, -0.2) is 21.9 Å². The van der Waals surface area contributed by atoms with Gasteiger partial charge >= 0.3 is 0 Å².